The summed E-state index contributed by atoms with van der Waals surface area (Å²) in [4.78, 5) is 12.2. The van der Waals surface area contributed by atoms with E-state index in [0.29, 0.717) is 13.0 Å². The fraction of sp³-hybridized carbons (Fsp3) is 0.476. The second-order valence-electron chi connectivity index (χ2n) is 7.09. The molecule has 1 aromatic rings. The molecule has 0 fully saturated rings. The summed E-state index contributed by atoms with van der Waals surface area (Å²) in [7, 11) is -1.93. The summed E-state index contributed by atoms with van der Waals surface area (Å²) in [6.45, 7) is 0.705. The predicted molar refractivity (Wildman–Crippen MR) is 115 cm³/mol. The lowest BCUT2D eigenvalue weighted by atomic mass is 10.2. The molecule has 1 amide bonds. The number of aliphatic hydroxyl groups is 2. The van der Waals surface area contributed by atoms with Crippen LogP contribution in [0.2, 0.25) is 0 Å². The molecule has 0 radical (unpaired) electrons. The van der Waals surface area contributed by atoms with Crippen LogP contribution in [-0.2, 0) is 21.2 Å². The topological polar surface area (TPSA) is 125 Å². The van der Waals surface area contributed by atoms with E-state index in [2.05, 4.69) is 10.6 Å². The van der Waals surface area contributed by atoms with E-state index in [1.54, 1.807) is 25.3 Å². The minimum Gasteiger partial charge on any atom is -0.497 e. The normalized spacial score (nSPS) is 15.9. The van der Waals surface area contributed by atoms with Gasteiger partial charge in [0.1, 0.15) is 11.9 Å². The minimum absolute atomic E-state index is 0.0539. The molecule has 1 aliphatic carbocycles. The van der Waals surface area contributed by atoms with Crippen LogP contribution in [0, 0.1) is 0 Å². The number of nitrogens with one attached hydrogen (secondary N) is 2. The zero-order valence-electron chi connectivity index (χ0n) is 17.1. The summed E-state index contributed by atoms with van der Waals surface area (Å²) in [6, 6.07) is 7.51. The number of aliphatic hydroxyl groups excluding tert-OH is 2. The highest BCUT2D eigenvalue weighted by Crippen LogP contribution is 2.17. The number of hydrogen-bond acceptors (Lipinski definition) is 7. The summed E-state index contributed by atoms with van der Waals surface area (Å²) in [5.74, 6) is -0.276. The largest absolute Gasteiger partial charge is 0.497 e. The van der Waals surface area contributed by atoms with Crippen LogP contribution in [0.15, 0.2) is 47.4 Å². The maximum atomic E-state index is 12.2. The molecule has 0 spiro atoms. The van der Waals surface area contributed by atoms with Gasteiger partial charge in [-0.05, 0) is 43.0 Å². The zero-order valence-corrected chi connectivity index (χ0v) is 17.9. The maximum Gasteiger partial charge on any atom is 0.248 e. The average Bonchev–Trinajstić information content (AvgIpc) is 2.76. The van der Waals surface area contributed by atoms with E-state index < -0.39 is 28.0 Å². The van der Waals surface area contributed by atoms with Crippen LogP contribution in [0.4, 0.5) is 0 Å². The average molecular weight is 439 g/mol. The van der Waals surface area contributed by atoms with Gasteiger partial charge in [0.05, 0.1) is 23.9 Å². The Morgan fingerprint density at radius 1 is 1.23 bits per heavy atom. The number of methoxy groups -OCH3 is 1. The number of benzene rings is 1. The molecule has 166 valence electrons. The van der Waals surface area contributed by atoms with Crippen molar-refractivity contribution in [3.05, 3.63) is 53.0 Å². The van der Waals surface area contributed by atoms with E-state index in [1.807, 2.05) is 24.3 Å². The van der Waals surface area contributed by atoms with Crippen molar-refractivity contribution in [3.63, 3.8) is 0 Å². The molecule has 2 unspecified atom stereocenters. The van der Waals surface area contributed by atoms with Crippen LogP contribution in [0.25, 0.3) is 0 Å². The van der Waals surface area contributed by atoms with Crippen LogP contribution in [0.3, 0.4) is 0 Å². The van der Waals surface area contributed by atoms with Crippen molar-refractivity contribution in [1.82, 2.24) is 10.6 Å². The van der Waals surface area contributed by atoms with Crippen LogP contribution >= 0.6 is 0 Å². The third-order valence-corrected chi connectivity index (χ3v) is 6.43. The van der Waals surface area contributed by atoms with Gasteiger partial charge in [0.2, 0.25) is 5.91 Å². The molecule has 0 heterocycles. The Morgan fingerprint density at radius 2 is 2.03 bits per heavy atom. The number of carbonyl (C=O) groups is 1. The van der Waals surface area contributed by atoms with E-state index in [1.165, 1.54) is 0 Å². The molecule has 8 nitrogen and oxygen atoms in total. The van der Waals surface area contributed by atoms with Gasteiger partial charge in [-0.15, -0.1) is 0 Å². The van der Waals surface area contributed by atoms with E-state index in [9.17, 15) is 23.4 Å². The quantitative estimate of drug-likeness (QED) is 0.378. The van der Waals surface area contributed by atoms with Gasteiger partial charge in [0.25, 0.3) is 0 Å². The molecular weight excluding hydrogens is 408 g/mol. The Morgan fingerprint density at radius 3 is 2.73 bits per heavy atom. The molecule has 0 aromatic heterocycles. The van der Waals surface area contributed by atoms with Gasteiger partial charge in [-0.2, -0.15) is 0 Å². The number of hydrogen-bond donors (Lipinski definition) is 4. The number of rotatable bonds is 12. The fourth-order valence-corrected chi connectivity index (χ4v) is 4.35. The smallest absolute Gasteiger partial charge is 0.248 e. The summed E-state index contributed by atoms with van der Waals surface area (Å²) < 4.78 is 29.6. The van der Waals surface area contributed by atoms with Gasteiger partial charge in [-0.1, -0.05) is 24.3 Å². The second kappa shape index (κ2) is 11.8. The van der Waals surface area contributed by atoms with Crippen molar-refractivity contribution in [3.8, 4) is 5.75 Å². The molecule has 4 N–H and O–H groups in total. The van der Waals surface area contributed by atoms with Crippen LogP contribution in [-0.4, -0.2) is 62.7 Å². The highest BCUT2D eigenvalue weighted by molar-refractivity contribution is 7.95. The summed E-state index contributed by atoms with van der Waals surface area (Å²) in [6.07, 6.45) is 3.96. The number of allylic oxidation sites excluding steroid dienone is 3. The van der Waals surface area contributed by atoms with Crippen LogP contribution in [0.5, 0.6) is 5.75 Å². The first kappa shape index (κ1) is 24.1. The first-order valence-corrected chi connectivity index (χ1v) is 11.5. The lowest BCUT2D eigenvalue weighted by molar-refractivity contribution is -0.129. The number of sulfone groups is 1. The van der Waals surface area contributed by atoms with Gasteiger partial charge in [-0.3, -0.25) is 4.79 Å². The molecule has 1 aliphatic rings. The van der Waals surface area contributed by atoms with Gasteiger partial charge < -0.3 is 25.6 Å². The minimum atomic E-state index is -3.52. The third kappa shape index (κ3) is 7.91. The summed E-state index contributed by atoms with van der Waals surface area (Å²) >= 11 is 0. The van der Waals surface area contributed by atoms with Crippen LogP contribution in [0.1, 0.15) is 24.8 Å². The second-order valence-corrected chi connectivity index (χ2v) is 9.20. The van der Waals surface area contributed by atoms with Crippen molar-refractivity contribution < 1.29 is 28.2 Å². The number of carbonyl (C=O) groups excluding carboxylic acids is 1. The third-order valence-electron chi connectivity index (χ3n) is 4.64. The SMILES string of the molecule is COc1cccc(CNCC(O)CNC(=O)C(O)CCS(=O)(=O)C2=CCCC=C2)c1. The number of amides is 1. The van der Waals surface area contributed by atoms with Crippen molar-refractivity contribution in [2.24, 2.45) is 0 Å². The van der Waals surface area contributed by atoms with E-state index in [0.717, 1.165) is 17.7 Å². The lowest BCUT2D eigenvalue weighted by Gasteiger charge is -2.16. The van der Waals surface area contributed by atoms with E-state index >= 15 is 0 Å². The van der Waals surface area contributed by atoms with Gasteiger partial charge >= 0.3 is 0 Å². The van der Waals surface area contributed by atoms with Crippen molar-refractivity contribution >= 4 is 15.7 Å². The summed E-state index contributed by atoms with van der Waals surface area (Å²) in [5, 5.41) is 25.5. The molecule has 0 aliphatic heterocycles. The highest BCUT2D eigenvalue weighted by Gasteiger charge is 2.22. The van der Waals surface area contributed by atoms with Crippen molar-refractivity contribution in [2.45, 2.75) is 38.0 Å². The van der Waals surface area contributed by atoms with Crippen molar-refractivity contribution in [1.29, 1.82) is 0 Å². The Kier molecular flexibility index (Phi) is 9.51. The lowest BCUT2D eigenvalue weighted by Crippen LogP contribution is -2.42. The standard InChI is InChI=1S/C21H30N2O6S/c1-29-18-7-5-6-16(12-18)13-22-14-17(24)15-23-21(26)20(25)10-11-30(27,28)19-8-3-2-4-9-19/h3,5-9,12,17,20,22,24-25H,2,4,10-11,13-15H2,1H3,(H,23,26). The molecule has 2 atom stereocenters. The number of ether oxygens (including phenoxy) is 1. The Bertz CT molecular complexity index is 866. The molecule has 9 heteroatoms. The molecule has 0 saturated heterocycles. The van der Waals surface area contributed by atoms with E-state index in [-0.39, 0.29) is 30.2 Å². The van der Waals surface area contributed by atoms with Gasteiger partial charge in [0, 0.05) is 19.6 Å². The zero-order chi connectivity index (χ0) is 22.0. The predicted octanol–water partition coefficient (Wildman–Crippen LogP) is 0.662. The van der Waals surface area contributed by atoms with E-state index in [4.69, 9.17) is 4.74 Å². The Labute approximate surface area is 177 Å². The molecule has 30 heavy (non-hydrogen) atoms. The van der Waals surface area contributed by atoms with Gasteiger partial charge in [-0.25, -0.2) is 8.42 Å². The molecule has 1 aromatic carbocycles. The molecule has 2 rings (SSSR count). The van der Waals surface area contributed by atoms with Gasteiger partial charge in [0.15, 0.2) is 9.84 Å². The maximum absolute atomic E-state index is 12.2. The molecular formula is C21H30N2O6S. The first-order chi connectivity index (χ1) is 14.3. The molecule has 0 saturated carbocycles. The monoisotopic (exact) mass is 438 g/mol. The first-order valence-electron chi connectivity index (χ1n) is 9.89. The Hall–Kier alpha value is -2.20. The summed E-state index contributed by atoms with van der Waals surface area (Å²) in [5.41, 5.74) is 0.991. The Balaban J connectivity index is 1.67. The van der Waals surface area contributed by atoms with Crippen molar-refractivity contribution in [2.75, 3.05) is 26.0 Å². The van der Waals surface area contributed by atoms with Crippen LogP contribution < -0.4 is 15.4 Å². The fourth-order valence-electron chi connectivity index (χ4n) is 2.91. The highest BCUT2D eigenvalue weighted by atomic mass is 32.2. The molecule has 0 bridgehead atoms.